The first kappa shape index (κ1) is 33.8. The minimum absolute atomic E-state index is 0.147. The topological polar surface area (TPSA) is 83.6 Å². The molecule has 0 aliphatic heterocycles. The second-order valence-electron chi connectivity index (χ2n) is 12.8. The smallest absolute Gasteiger partial charge is 0.211 e. The molecule has 4 aromatic rings. The van der Waals surface area contributed by atoms with Crippen LogP contribution in [0.25, 0.3) is 0 Å². The van der Waals surface area contributed by atoms with Gasteiger partial charge in [-0.15, -0.1) is 0 Å². The van der Waals surface area contributed by atoms with E-state index in [-0.39, 0.29) is 29.2 Å². The molecule has 8 heteroatoms. The maximum absolute atomic E-state index is 14.3. The molecule has 0 saturated heterocycles. The molecule has 50 heavy (non-hydrogen) atoms. The first-order valence-electron chi connectivity index (χ1n) is 17.3. The minimum atomic E-state index is -0.168. The number of hydrogen-bond acceptors (Lipinski definition) is 8. The minimum Gasteiger partial charge on any atom is -0.378 e. The summed E-state index contributed by atoms with van der Waals surface area (Å²) in [5, 5.41) is 3.52. The van der Waals surface area contributed by atoms with E-state index in [1.54, 1.807) is 30.3 Å². The van der Waals surface area contributed by atoms with Gasteiger partial charge < -0.3 is 10.2 Å². The molecule has 0 aromatic heterocycles. The lowest BCUT2D eigenvalue weighted by atomic mass is 9.88. The second kappa shape index (κ2) is 15.1. The van der Waals surface area contributed by atoms with E-state index >= 15 is 0 Å². The van der Waals surface area contributed by atoms with E-state index in [0.29, 0.717) is 63.0 Å². The molecule has 3 aliphatic rings. The van der Waals surface area contributed by atoms with Crippen LogP contribution in [0.5, 0.6) is 0 Å². The number of Topliss-reactive ketones (excluding diaryl/α,β-unsaturated/α-hetero) is 4. The predicted octanol–water partition coefficient (Wildman–Crippen LogP) is 8.94. The Balaban J connectivity index is 1.18. The molecule has 4 aromatic carbocycles. The summed E-state index contributed by atoms with van der Waals surface area (Å²) in [6.07, 6.45) is 5.85. The maximum atomic E-state index is 14.3. The van der Waals surface area contributed by atoms with Crippen LogP contribution < -0.4 is 5.32 Å². The molecular formula is C42H38N2O4S2. The summed E-state index contributed by atoms with van der Waals surface area (Å²) in [5.41, 5.74) is 3.33. The molecule has 0 amide bonds. The monoisotopic (exact) mass is 698 g/mol. The van der Waals surface area contributed by atoms with Crippen molar-refractivity contribution in [2.75, 3.05) is 13.1 Å². The van der Waals surface area contributed by atoms with Gasteiger partial charge in [0, 0.05) is 51.2 Å². The van der Waals surface area contributed by atoms with Gasteiger partial charge in [-0.05, 0) is 68.1 Å². The number of nitrogens with zero attached hydrogens (tertiary/aromatic N) is 1. The fraction of sp³-hybridized carbons (Fsp3) is 0.238. The van der Waals surface area contributed by atoms with Crippen LogP contribution in [0.3, 0.4) is 0 Å². The Labute approximate surface area is 301 Å². The van der Waals surface area contributed by atoms with Gasteiger partial charge in [0.2, 0.25) is 23.1 Å². The van der Waals surface area contributed by atoms with Gasteiger partial charge in [0.1, 0.15) is 11.4 Å². The third kappa shape index (κ3) is 6.87. The third-order valence-corrected chi connectivity index (χ3v) is 11.7. The number of allylic oxidation sites excluding steroid dienone is 4. The van der Waals surface area contributed by atoms with Crippen LogP contribution in [0.15, 0.2) is 134 Å². The molecule has 6 nitrogen and oxygen atoms in total. The number of benzene rings is 4. The standard InChI is InChI=1S/C42H38N2O4S2/c1-2-44(36-38(46)31-20-12-13-21-32(31)40(48)42(36)50-30-18-10-5-11-19-30)25-24-27-22-23-33-34(26-27)37(45)35(43-28-14-6-3-7-15-28)41(39(33)47)49-29-16-8-4-9-17-29/h4-5,8-13,16-23,26,28,43H,2-3,6-7,14-15,24-25H2,1H3. The lowest BCUT2D eigenvalue weighted by Crippen LogP contribution is -2.37. The van der Waals surface area contributed by atoms with Crippen LogP contribution in [-0.4, -0.2) is 47.2 Å². The number of rotatable bonds is 11. The van der Waals surface area contributed by atoms with Crippen molar-refractivity contribution in [3.05, 3.63) is 152 Å². The summed E-state index contributed by atoms with van der Waals surface area (Å²) in [7, 11) is 0. The number of thioether (sulfide) groups is 2. The van der Waals surface area contributed by atoms with Crippen LogP contribution in [-0.2, 0) is 6.42 Å². The van der Waals surface area contributed by atoms with Crippen LogP contribution >= 0.6 is 23.5 Å². The van der Waals surface area contributed by atoms with Crippen LogP contribution in [0, 0.1) is 0 Å². The van der Waals surface area contributed by atoms with Crippen LogP contribution in [0.2, 0.25) is 0 Å². The van der Waals surface area contributed by atoms with Gasteiger partial charge in [-0.1, -0.05) is 110 Å². The van der Waals surface area contributed by atoms with Gasteiger partial charge in [0.05, 0.1) is 9.81 Å². The predicted molar refractivity (Wildman–Crippen MR) is 200 cm³/mol. The molecule has 1 saturated carbocycles. The van der Waals surface area contributed by atoms with E-state index in [2.05, 4.69) is 5.32 Å². The van der Waals surface area contributed by atoms with E-state index in [1.807, 2.05) is 84.6 Å². The summed E-state index contributed by atoms with van der Waals surface area (Å²) < 4.78 is 0. The zero-order chi connectivity index (χ0) is 34.6. The van der Waals surface area contributed by atoms with Crippen molar-refractivity contribution in [1.82, 2.24) is 10.2 Å². The molecule has 0 radical (unpaired) electrons. The molecule has 0 atom stereocenters. The number of fused-ring (bicyclic) bond motifs is 2. The lowest BCUT2D eigenvalue weighted by Gasteiger charge is -2.31. The Morgan fingerprint density at radius 3 is 1.82 bits per heavy atom. The normalized spacial score (nSPS) is 16.4. The SMILES string of the molecule is CCN(CCc1ccc2c(c1)C(=O)C(NC1CCCCC1)=C(Sc1ccccc1)C2=O)C1=C(Sc2ccccc2)C(=O)c2ccccc2C1=O. The molecule has 0 heterocycles. The highest BCUT2D eigenvalue weighted by Crippen LogP contribution is 2.40. The molecule has 3 aliphatic carbocycles. The molecule has 1 fully saturated rings. The van der Waals surface area contributed by atoms with Crippen molar-refractivity contribution in [3.8, 4) is 0 Å². The largest absolute Gasteiger partial charge is 0.378 e. The maximum Gasteiger partial charge on any atom is 0.211 e. The Bertz CT molecular complexity index is 2030. The summed E-state index contributed by atoms with van der Waals surface area (Å²) in [6, 6.07) is 32.0. The average molecular weight is 699 g/mol. The molecule has 0 bridgehead atoms. The van der Waals surface area contributed by atoms with Gasteiger partial charge in [-0.3, -0.25) is 19.2 Å². The number of hydrogen-bond donors (Lipinski definition) is 1. The van der Waals surface area contributed by atoms with Crippen molar-refractivity contribution in [1.29, 1.82) is 0 Å². The first-order valence-corrected chi connectivity index (χ1v) is 18.9. The molecule has 0 unspecified atom stereocenters. The fourth-order valence-corrected chi connectivity index (χ4v) is 8.95. The van der Waals surface area contributed by atoms with Crippen LogP contribution in [0.1, 0.15) is 86.0 Å². The Morgan fingerprint density at radius 1 is 0.620 bits per heavy atom. The Morgan fingerprint density at radius 2 is 1.18 bits per heavy atom. The number of likely N-dealkylation sites (N-methyl/N-ethyl adjacent to an activating group) is 1. The summed E-state index contributed by atoms with van der Waals surface area (Å²) in [6.45, 7) is 2.94. The quantitative estimate of drug-likeness (QED) is 0.166. The number of carbonyl (C=O) groups is 4. The average Bonchev–Trinajstić information content (AvgIpc) is 3.16. The molecule has 7 rings (SSSR count). The van der Waals surface area contributed by atoms with Crippen molar-refractivity contribution in [2.24, 2.45) is 0 Å². The van der Waals surface area contributed by atoms with Gasteiger partial charge >= 0.3 is 0 Å². The Kier molecular flexibility index (Phi) is 10.2. The number of carbonyl (C=O) groups excluding carboxylic acids is 4. The highest BCUT2D eigenvalue weighted by Gasteiger charge is 2.36. The summed E-state index contributed by atoms with van der Waals surface area (Å²) in [4.78, 5) is 60.8. The lowest BCUT2D eigenvalue weighted by molar-refractivity contribution is 0.0949. The first-order chi connectivity index (χ1) is 24.4. The second-order valence-corrected chi connectivity index (χ2v) is 14.9. The van der Waals surface area contributed by atoms with E-state index in [1.165, 1.54) is 29.9 Å². The van der Waals surface area contributed by atoms with E-state index in [9.17, 15) is 19.2 Å². The van der Waals surface area contributed by atoms with Gasteiger partial charge in [0.25, 0.3) is 0 Å². The zero-order valence-electron chi connectivity index (χ0n) is 27.9. The fourth-order valence-electron chi connectivity index (χ4n) is 6.91. The summed E-state index contributed by atoms with van der Waals surface area (Å²) >= 11 is 2.66. The van der Waals surface area contributed by atoms with E-state index in [0.717, 1.165) is 41.0 Å². The Hall–Kier alpha value is -4.66. The van der Waals surface area contributed by atoms with Crippen molar-refractivity contribution >= 4 is 46.7 Å². The van der Waals surface area contributed by atoms with Gasteiger partial charge in [-0.25, -0.2) is 0 Å². The van der Waals surface area contributed by atoms with E-state index in [4.69, 9.17) is 0 Å². The number of nitrogens with one attached hydrogen (secondary N) is 1. The molecule has 1 N–H and O–H groups in total. The number of ketones is 4. The van der Waals surface area contributed by atoms with Crippen molar-refractivity contribution in [3.63, 3.8) is 0 Å². The van der Waals surface area contributed by atoms with Crippen molar-refractivity contribution in [2.45, 2.75) is 61.3 Å². The van der Waals surface area contributed by atoms with E-state index < -0.39 is 0 Å². The highest BCUT2D eigenvalue weighted by molar-refractivity contribution is 8.04. The third-order valence-electron chi connectivity index (χ3n) is 9.53. The molecule has 0 spiro atoms. The zero-order valence-corrected chi connectivity index (χ0v) is 29.6. The summed E-state index contributed by atoms with van der Waals surface area (Å²) in [5.74, 6) is -0.633. The molecular weight excluding hydrogens is 661 g/mol. The van der Waals surface area contributed by atoms with Crippen LogP contribution in [0.4, 0.5) is 0 Å². The van der Waals surface area contributed by atoms with Gasteiger partial charge in [0.15, 0.2) is 0 Å². The van der Waals surface area contributed by atoms with Gasteiger partial charge in [-0.2, -0.15) is 0 Å². The molecule has 252 valence electrons. The highest BCUT2D eigenvalue weighted by atomic mass is 32.2. The van der Waals surface area contributed by atoms with Crippen molar-refractivity contribution < 1.29 is 19.2 Å².